The number of aryl methyl sites for hydroxylation is 1. The second-order valence-electron chi connectivity index (χ2n) is 4.17. The number of nitrogens with one attached hydrogen (secondary N) is 1. The van der Waals surface area contributed by atoms with Crippen molar-refractivity contribution in [2.45, 2.75) is 26.3 Å². The van der Waals surface area contributed by atoms with Gasteiger partial charge in [-0.15, -0.1) is 11.3 Å². The van der Waals surface area contributed by atoms with Gasteiger partial charge in [-0.2, -0.15) is 0 Å². The fraction of sp³-hybridized carbons (Fsp3) is 0.333. The number of nitrogens with zero attached hydrogens (tertiary/aromatic N) is 3. The normalized spacial score (nSPS) is 12.2. The lowest BCUT2D eigenvalue weighted by atomic mass is 10.3. The molecule has 20 heavy (non-hydrogen) atoms. The zero-order valence-electron chi connectivity index (χ0n) is 11.0. The molecule has 0 aromatic carbocycles. The predicted octanol–water partition coefficient (Wildman–Crippen LogP) is 3.84. The quantitative estimate of drug-likeness (QED) is 0.515. The van der Waals surface area contributed by atoms with Crippen molar-refractivity contribution in [2.75, 3.05) is 5.32 Å². The van der Waals surface area contributed by atoms with Gasteiger partial charge in [-0.05, 0) is 13.3 Å². The number of hydrogen-bond donors (Lipinski definition) is 1. The zero-order valence-corrected chi connectivity index (χ0v) is 12.5. The molecule has 0 spiro atoms. The van der Waals surface area contributed by atoms with E-state index in [1.807, 2.05) is 13.1 Å². The number of hydrogen-bond acceptors (Lipinski definition) is 6. The Morgan fingerprint density at radius 1 is 1.55 bits per heavy atom. The van der Waals surface area contributed by atoms with Crippen molar-refractivity contribution in [3.05, 3.63) is 43.5 Å². The molecule has 8 heteroatoms. The van der Waals surface area contributed by atoms with Gasteiger partial charge in [0.1, 0.15) is 16.0 Å². The van der Waals surface area contributed by atoms with Crippen LogP contribution in [0.4, 0.5) is 11.5 Å². The molecule has 106 valence electrons. The minimum Gasteiger partial charge on any atom is -0.361 e. The second kappa shape index (κ2) is 6.15. The molecule has 1 N–H and O–H groups in total. The molecule has 0 saturated heterocycles. The summed E-state index contributed by atoms with van der Waals surface area (Å²) in [7, 11) is 0. The molecule has 2 aromatic rings. The van der Waals surface area contributed by atoms with Gasteiger partial charge in [-0.3, -0.25) is 10.1 Å². The van der Waals surface area contributed by atoms with Crippen LogP contribution >= 0.6 is 22.9 Å². The highest BCUT2D eigenvalue weighted by Crippen LogP contribution is 2.26. The van der Waals surface area contributed by atoms with E-state index in [4.69, 9.17) is 11.6 Å². The van der Waals surface area contributed by atoms with E-state index in [-0.39, 0.29) is 16.9 Å². The number of halogens is 1. The maximum absolute atomic E-state index is 10.8. The van der Waals surface area contributed by atoms with Crippen LogP contribution in [-0.2, 0) is 6.42 Å². The number of pyridine rings is 1. The summed E-state index contributed by atoms with van der Waals surface area (Å²) in [6.45, 7) is 3.99. The van der Waals surface area contributed by atoms with E-state index in [1.54, 1.807) is 11.3 Å². The third-order valence-corrected chi connectivity index (χ3v) is 4.16. The smallest absolute Gasteiger partial charge is 0.276 e. The predicted molar refractivity (Wildman–Crippen MR) is 79.4 cm³/mol. The summed E-state index contributed by atoms with van der Waals surface area (Å²) in [4.78, 5) is 19.8. The Kier molecular flexibility index (Phi) is 4.51. The van der Waals surface area contributed by atoms with Gasteiger partial charge < -0.3 is 5.32 Å². The standard InChI is InChI=1S/C12H13ClN4O2S/c1-3-9-6-14-12(20-9)7(2)15-11-5-8(17(18)19)4-10(13)16-11/h4-7H,3H2,1-2H3,(H,15,16). The molecule has 0 saturated carbocycles. The van der Waals surface area contributed by atoms with Crippen molar-refractivity contribution in [3.63, 3.8) is 0 Å². The van der Waals surface area contributed by atoms with Crippen LogP contribution in [0, 0.1) is 10.1 Å². The van der Waals surface area contributed by atoms with Crippen LogP contribution < -0.4 is 5.32 Å². The third-order valence-electron chi connectivity index (χ3n) is 2.64. The molecule has 0 aliphatic rings. The summed E-state index contributed by atoms with van der Waals surface area (Å²) in [5, 5.41) is 14.9. The van der Waals surface area contributed by atoms with Crippen LogP contribution in [0.5, 0.6) is 0 Å². The minimum atomic E-state index is -0.498. The number of anilines is 1. The first-order valence-electron chi connectivity index (χ1n) is 6.02. The van der Waals surface area contributed by atoms with Gasteiger partial charge in [-0.25, -0.2) is 9.97 Å². The van der Waals surface area contributed by atoms with Gasteiger partial charge in [0.2, 0.25) is 0 Å². The molecular formula is C12H13ClN4O2S. The van der Waals surface area contributed by atoms with Crippen molar-refractivity contribution >= 4 is 34.4 Å². The van der Waals surface area contributed by atoms with Crippen molar-refractivity contribution in [2.24, 2.45) is 0 Å². The molecule has 0 bridgehead atoms. The molecule has 0 fully saturated rings. The summed E-state index contributed by atoms with van der Waals surface area (Å²) in [5.74, 6) is 0.366. The van der Waals surface area contributed by atoms with Gasteiger partial charge in [-0.1, -0.05) is 18.5 Å². The first kappa shape index (κ1) is 14.7. The number of aromatic nitrogens is 2. The van der Waals surface area contributed by atoms with E-state index in [9.17, 15) is 10.1 Å². The van der Waals surface area contributed by atoms with E-state index < -0.39 is 4.92 Å². The minimum absolute atomic E-state index is 0.0854. The lowest BCUT2D eigenvalue weighted by Gasteiger charge is -2.11. The molecule has 1 atom stereocenters. The Labute approximate surface area is 125 Å². The summed E-state index contributed by atoms with van der Waals surface area (Å²) >= 11 is 7.39. The zero-order chi connectivity index (χ0) is 14.7. The highest BCUT2D eigenvalue weighted by molar-refractivity contribution is 7.11. The van der Waals surface area contributed by atoms with Crippen LogP contribution in [-0.4, -0.2) is 14.9 Å². The fourth-order valence-electron chi connectivity index (χ4n) is 1.63. The fourth-order valence-corrected chi connectivity index (χ4v) is 2.69. The van der Waals surface area contributed by atoms with Crippen LogP contribution in [0.2, 0.25) is 5.15 Å². The van der Waals surface area contributed by atoms with E-state index in [2.05, 4.69) is 22.2 Å². The highest BCUT2D eigenvalue weighted by atomic mass is 35.5. The topological polar surface area (TPSA) is 81.0 Å². The molecule has 0 aliphatic heterocycles. The molecule has 2 rings (SSSR count). The molecule has 1 unspecified atom stereocenters. The molecule has 6 nitrogen and oxygen atoms in total. The SMILES string of the molecule is CCc1cnc(C(C)Nc2cc([N+](=O)[O-])cc(Cl)n2)s1. The Bertz CT molecular complexity index is 632. The van der Waals surface area contributed by atoms with Crippen LogP contribution in [0.1, 0.15) is 29.8 Å². The van der Waals surface area contributed by atoms with Gasteiger partial charge in [0.15, 0.2) is 0 Å². The highest BCUT2D eigenvalue weighted by Gasteiger charge is 2.14. The second-order valence-corrected chi connectivity index (χ2v) is 5.71. The summed E-state index contributed by atoms with van der Waals surface area (Å²) in [6, 6.07) is 2.48. The van der Waals surface area contributed by atoms with Crippen molar-refractivity contribution in [3.8, 4) is 0 Å². The maximum atomic E-state index is 10.8. The van der Waals surface area contributed by atoms with Crippen molar-refractivity contribution in [1.29, 1.82) is 0 Å². The molecule has 2 heterocycles. The van der Waals surface area contributed by atoms with E-state index in [1.165, 1.54) is 17.0 Å². The molecule has 0 aliphatic carbocycles. The first-order chi connectivity index (χ1) is 9.49. The van der Waals surface area contributed by atoms with E-state index in [0.717, 1.165) is 11.4 Å². The van der Waals surface area contributed by atoms with Crippen LogP contribution in [0.3, 0.4) is 0 Å². The summed E-state index contributed by atoms with van der Waals surface area (Å²) < 4.78 is 0. The Morgan fingerprint density at radius 2 is 2.30 bits per heavy atom. The molecule has 0 radical (unpaired) electrons. The third kappa shape index (κ3) is 3.43. The van der Waals surface area contributed by atoms with Gasteiger partial charge >= 0.3 is 0 Å². The largest absolute Gasteiger partial charge is 0.361 e. The summed E-state index contributed by atoms with van der Waals surface area (Å²) in [5.41, 5.74) is -0.0897. The Hall–Kier alpha value is -1.73. The molecular weight excluding hydrogens is 300 g/mol. The lowest BCUT2D eigenvalue weighted by Crippen LogP contribution is -2.08. The molecule has 2 aromatic heterocycles. The van der Waals surface area contributed by atoms with E-state index in [0.29, 0.717) is 5.82 Å². The number of rotatable bonds is 5. The number of nitro groups is 1. The van der Waals surface area contributed by atoms with Crippen molar-refractivity contribution < 1.29 is 4.92 Å². The van der Waals surface area contributed by atoms with Crippen LogP contribution in [0.15, 0.2) is 18.3 Å². The van der Waals surface area contributed by atoms with Crippen LogP contribution in [0.25, 0.3) is 0 Å². The number of thiazole rings is 1. The Balaban J connectivity index is 2.18. The Morgan fingerprint density at radius 3 is 2.90 bits per heavy atom. The van der Waals surface area contributed by atoms with Crippen molar-refractivity contribution in [1.82, 2.24) is 9.97 Å². The van der Waals surface area contributed by atoms with Gasteiger partial charge in [0.25, 0.3) is 5.69 Å². The van der Waals surface area contributed by atoms with E-state index >= 15 is 0 Å². The monoisotopic (exact) mass is 312 g/mol. The average molecular weight is 313 g/mol. The molecule has 0 amide bonds. The van der Waals surface area contributed by atoms with Gasteiger partial charge in [0, 0.05) is 11.1 Å². The lowest BCUT2D eigenvalue weighted by molar-refractivity contribution is -0.384. The summed E-state index contributed by atoms with van der Waals surface area (Å²) in [6.07, 6.45) is 2.78. The van der Waals surface area contributed by atoms with Gasteiger partial charge in [0.05, 0.1) is 23.1 Å². The average Bonchev–Trinajstić information content (AvgIpc) is 2.86. The first-order valence-corrected chi connectivity index (χ1v) is 7.22. The maximum Gasteiger partial charge on any atom is 0.276 e.